The molecule has 0 aromatic heterocycles. The fourth-order valence-electron chi connectivity index (χ4n) is 3.83. The molecule has 2 atom stereocenters. The van der Waals surface area contributed by atoms with Crippen LogP contribution in [0, 0.1) is 18.8 Å². The van der Waals surface area contributed by atoms with Gasteiger partial charge in [0, 0.05) is 19.0 Å². The molecular weight excluding hydrogens is 400 g/mol. The van der Waals surface area contributed by atoms with Crippen LogP contribution in [-0.4, -0.2) is 31.7 Å². The van der Waals surface area contributed by atoms with Crippen LogP contribution in [0.1, 0.15) is 38.2 Å². The van der Waals surface area contributed by atoms with Gasteiger partial charge in [0.15, 0.2) is 5.75 Å². The molecule has 1 saturated heterocycles. The number of carbonyl (C=O) groups is 1. The Kier molecular flexibility index (Phi) is 5.84. The molecule has 0 unspecified atom stereocenters. The molecule has 2 aromatic carbocycles. The average molecular weight is 429 g/mol. The molecule has 2 fully saturated rings. The number of hydrogen-bond donors (Lipinski definition) is 1. The van der Waals surface area contributed by atoms with E-state index in [1.54, 1.807) is 12.1 Å². The van der Waals surface area contributed by atoms with E-state index in [0.717, 1.165) is 31.2 Å². The summed E-state index contributed by atoms with van der Waals surface area (Å²) < 4.78 is 33.8. The van der Waals surface area contributed by atoms with E-state index in [-0.39, 0.29) is 16.7 Å². The smallest absolute Gasteiger partial charge is 0.243 e. The van der Waals surface area contributed by atoms with Gasteiger partial charge in [0.2, 0.25) is 15.9 Å². The Morgan fingerprint density at radius 1 is 1.10 bits per heavy atom. The molecule has 1 amide bonds. The Bertz CT molecular complexity index is 1040. The van der Waals surface area contributed by atoms with Gasteiger partial charge in [-0.15, -0.1) is 0 Å². The van der Waals surface area contributed by atoms with E-state index >= 15 is 0 Å². The maximum Gasteiger partial charge on any atom is 0.243 e. The quantitative estimate of drug-likeness (QED) is 0.732. The topological polar surface area (TPSA) is 75.7 Å². The third-order valence-corrected chi connectivity index (χ3v) is 7.72. The molecule has 6 nitrogen and oxygen atoms in total. The third-order valence-electron chi connectivity index (χ3n) is 5.83. The van der Waals surface area contributed by atoms with Crippen molar-refractivity contribution in [2.75, 3.05) is 18.4 Å². The van der Waals surface area contributed by atoms with Crippen molar-refractivity contribution in [3.8, 4) is 11.5 Å². The van der Waals surface area contributed by atoms with Gasteiger partial charge in [-0.3, -0.25) is 4.79 Å². The van der Waals surface area contributed by atoms with Crippen molar-refractivity contribution in [1.82, 2.24) is 4.31 Å². The highest BCUT2D eigenvalue weighted by molar-refractivity contribution is 7.89. The minimum absolute atomic E-state index is 0.0285. The summed E-state index contributed by atoms with van der Waals surface area (Å²) in [6.07, 6.45) is 3.65. The van der Waals surface area contributed by atoms with Gasteiger partial charge in [0.1, 0.15) is 5.75 Å². The number of anilines is 1. The number of rotatable bonds is 6. The Morgan fingerprint density at radius 2 is 1.83 bits per heavy atom. The third kappa shape index (κ3) is 4.52. The molecule has 1 aliphatic heterocycles. The molecule has 1 aliphatic carbocycles. The summed E-state index contributed by atoms with van der Waals surface area (Å²) in [7, 11) is -3.61. The fourth-order valence-corrected chi connectivity index (χ4v) is 5.37. The lowest BCUT2D eigenvalue weighted by Gasteiger charge is -2.26. The number of nitrogens with one attached hydrogen (secondary N) is 1. The average Bonchev–Trinajstić information content (AvgIpc) is 3.47. The highest BCUT2D eigenvalue weighted by atomic mass is 32.2. The van der Waals surface area contributed by atoms with E-state index in [1.165, 1.54) is 10.4 Å². The Labute approximate surface area is 178 Å². The van der Waals surface area contributed by atoms with E-state index < -0.39 is 10.0 Å². The van der Waals surface area contributed by atoms with E-state index in [2.05, 4.69) is 5.32 Å². The van der Waals surface area contributed by atoms with Crippen molar-refractivity contribution in [2.45, 2.75) is 44.4 Å². The van der Waals surface area contributed by atoms with Crippen LogP contribution in [0.5, 0.6) is 11.5 Å². The summed E-state index contributed by atoms with van der Waals surface area (Å²) in [6, 6.07) is 12.3. The summed E-state index contributed by atoms with van der Waals surface area (Å²) >= 11 is 0. The van der Waals surface area contributed by atoms with Crippen molar-refractivity contribution in [2.24, 2.45) is 11.8 Å². The number of sulfonamides is 1. The van der Waals surface area contributed by atoms with Crippen LogP contribution >= 0.6 is 0 Å². The number of hydrogen-bond acceptors (Lipinski definition) is 4. The summed E-state index contributed by atoms with van der Waals surface area (Å²) in [5.74, 6) is 1.30. The summed E-state index contributed by atoms with van der Waals surface area (Å²) in [6.45, 7) is 5.07. The van der Waals surface area contributed by atoms with E-state index in [0.29, 0.717) is 36.2 Å². The van der Waals surface area contributed by atoms with Crippen LogP contribution in [0.4, 0.5) is 5.69 Å². The zero-order valence-corrected chi connectivity index (χ0v) is 18.2. The molecule has 0 bridgehead atoms. The van der Waals surface area contributed by atoms with Crippen molar-refractivity contribution >= 4 is 21.6 Å². The van der Waals surface area contributed by atoms with Gasteiger partial charge in [0.05, 0.1) is 10.6 Å². The first-order valence-corrected chi connectivity index (χ1v) is 12.0. The van der Waals surface area contributed by atoms with E-state index in [1.807, 2.05) is 38.1 Å². The zero-order chi connectivity index (χ0) is 21.3. The van der Waals surface area contributed by atoms with Crippen LogP contribution in [-0.2, 0) is 14.8 Å². The van der Waals surface area contributed by atoms with Crippen LogP contribution in [0.3, 0.4) is 0 Å². The molecule has 1 heterocycles. The number of benzene rings is 2. The number of ether oxygens (including phenoxy) is 1. The lowest BCUT2D eigenvalue weighted by atomic mass is 10.2. The van der Waals surface area contributed by atoms with Gasteiger partial charge in [-0.05, 0) is 68.0 Å². The summed E-state index contributed by atoms with van der Waals surface area (Å²) in [4.78, 5) is 12.8. The molecule has 0 radical (unpaired) electrons. The lowest BCUT2D eigenvalue weighted by molar-refractivity contribution is -0.117. The Morgan fingerprint density at radius 3 is 2.50 bits per heavy atom. The summed E-state index contributed by atoms with van der Waals surface area (Å²) in [5, 5.41) is 2.91. The van der Waals surface area contributed by atoms with Gasteiger partial charge in [0.25, 0.3) is 0 Å². The number of amides is 1. The minimum atomic E-state index is -3.61. The normalized spacial score (nSPS) is 21.8. The van der Waals surface area contributed by atoms with Crippen LogP contribution in [0.15, 0.2) is 47.4 Å². The maximum atomic E-state index is 13.1. The largest absolute Gasteiger partial charge is 0.455 e. The number of nitrogens with zero attached hydrogens (tertiary/aromatic N) is 1. The number of piperidine rings is 1. The van der Waals surface area contributed by atoms with Gasteiger partial charge in [-0.25, -0.2) is 8.42 Å². The first kappa shape index (κ1) is 20.9. The molecule has 4 rings (SSSR count). The highest BCUT2D eigenvalue weighted by Crippen LogP contribution is 2.40. The van der Waals surface area contributed by atoms with Gasteiger partial charge in [-0.2, -0.15) is 4.31 Å². The monoisotopic (exact) mass is 428 g/mol. The van der Waals surface area contributed by atoms with Gasteiger partial charge >= 0.3 is 0 Å². The molecule has 0 spiro atoms. The number of carbonyl (C=O) groups excluding carboxylic acids is 1. The van der Waals surface area contributed by atoms with Crippen LogP contribution < -0.4 is 10.1 Å². The SMILES string of the molecule is Cc1cccc(Oc2ccc(S(=O)(=O)N3CCCCC3)cc2NC(=O)[C@H]2C[C@@H]2C)c1. The van der Waals surface area contributed by atoms with Crippen molar-refractivity contribution < 1.29 is 17.9 Å². The van der Waals surface area contributed by atoms with E-state index in [9.17, 15) is 13.2 Å². The van der Waals surface area contributed by atoms with E-state index in [4.69, 9.17) is 4.74 Å². The zero-order valence-electron chi connectivity index (χ0n) is 17.4. The Balaban J connectivity index is 1.66. The predicted molar refractivity (Wildman–Crippen MR) is 116 cm³/mol. The van der Waals surface area contributed by atoms with Crippen molar-refractivity contribution in [3.63, 3.8) is 0 Å². The first-order valence-electron chi connectivity index (χ1n) is 10.5. The Hall–Kier alpha value is -2.38. The highest BCUT2D eigenvalue weighted by Gasteiger charge is 2.39. The molecule has 1 saturated carbocycles. The number of aryl methyl sites for hydroxylation is 1. The van der Waals surface area contributed by atoms with Crippen molar-refractivity contribution in [3.05, 3.63) is 48.0 Å². The second-order valence-corrected chi connectivity index (χ2v) is 10.3. The maximum absolute atomic E-state index is 13.1. The lowest BCUT2D eigenvalue weighted by Crippen LogP contribution is -2.35. The summed E-state index contributed by atoms with van der Waals surface area (Å²) in [5.41, 5.74) is 1.44. The molecule has 160 valence electrons. The molecule has 1 N–H and O–H groups in total. The van der Waals surface area contributed by atoms with Crippen molar-refractivity contribution in [1.29, 1.82) is 0 Å². The standard InChI is InChI=1S/C23H28N2O4S/c1-16-7-6-8-18(13-16)29-22-10-9-19(30(27,28)25-11-4-3-5-12-25)15-21(22)24-23(26)20-14-17(20)2/h6-10,13,15,17,20H,3-5,11-12,14H2,1-2H3,(H,24,26)/t17-,20-/m0/s1. The molecule has 30 heavy (non-hydrogen) atoms. The molecular formula is C23H28N2O4S. The van der Waals surface area contributed by atoms with Crippen LogP contribution in [0.25, 0.3) is 0 Å². The molecule has 7 heteroatoms. The minimum Gasteiger partial charge on any atom is -0.455 e. The van der Waals surface area contributed by atoms with Gasteiger partial charge in [-0.1, -0.05) is 25.5 Å². The second kappa shape index (κ2) is 8.40. The van der Waals surface area contributed by atoms with Crippen LogP contribution in [0.2, 0.25) is 0 Å². The van der Waals surface area contributed by atoms with Gasteiger partial charge < -0.3 is 10.1 Å². The molecule has 2 aromatic rings. The first-order chi connectivity index (χ1) is 14.3. The second-order valence-electron chi connectivity index (χ2n) is 8.35. The molecule has 2 aliphatic rings. The predicted octanol–water partition coefficient (Wildman–Crippen LogP) is 4.56. The fraction of sp³-hybridized carbons (Fsp3) is 0.435.